The van der Waals surface area contributed by atoms with E-state index in [1.54, 1.807) is 0 Å². The van der Waals surface area contributed by atoms with E-state index >= 15 is 0 Å². The molecule has 0 radical (unpaired) electrons. The van der Waals surface area contributed by atoms with Gasteiger partial charge in [0.25, 0.3) is 0 Å². The number of imidazole rings is 1. The molecule has 0 aromatic carbocycles. The van der Waals surface area contributed by atoms with Gasteiger partial charge in [0.1, 0.15) is 0 Å². The molecule has 1 saturated heterocycles. The highest BCUT2D eigenvalue weighted by atomic mass is 16.5. The fourth-order valence-corrected chi connectivity index (χ4v) is 2.68. The van der Waals surface area contributed by atoms with E-state index in [0.717, 1.165) is 38.6 Å². The summed E-state index contributed by atoms with van der Waals surface area (Å²) in [6, 6.07) is 0. The average molecular weight is 249 g/mol. The van der Waals surface area contributed by atoms with Crippen molar-refractivity contribution in [2.75, 3.05) is 19.7 Å². The zero-order chi connectivity index (χ0) is 12.2. The molecule has 0 bridgehead atoms. The van der Waals surface area contributed by atoms with Crippen molar-refractivity contribution in [3.63, 3.8) is 0 Å². The molecule has 3 rings (SSSR count). The molecule has 4 nitrogen and oxygen atoms in total. The first-order valence-electron chi connectivity index (χ1n) is 7.26. The fraction of sp³-hybridized carbons (Fsp3) is 0.786. The van der Waals surface area contributed by atoms with Crippen LogP contribution in [0.2, 0.25) is 0 Å². The Bertz CT molecular complexity index is 367. The summed E-state index contributed by atoms with van der Waals surface area (Å²) >= 11 is 0. The van der Waals surface area contributed by atoms with E-state index in [4.69, 9.17) is 4.74 Å². The number of hydrogen-bond acceptors (Lipinski definition) is 3. The summed E-state index contributed by atoms with van der Waals surface area (Å²) in [5.41, 5.74) is 1.43. The van der Waals surface area contributed by atoms with Crippen LogP contribution in [0.3, 0.4) is 0 Å². The SMILES string of the molecule is c1ncn(CCCOC2CCNCC2)c1C1CC1. The first-order valence-corrected chi connectivity index (χ1v) is 7.26. The molecule has 1 N–H and O–H groups in total. The lowest BCUT2D eigenvalue weighted by molar-refractivity contribution is 0.0300. The lowest BCUT2D eigenvalue weighted by Crippen LogP contribution is -2.32. The Kier molecular flexibility index (Phi) is 3.96. The van der Waals surface area contributed by atoms with E-state index in [2.05, 4.69) is 14.9 Å². The number of nitrogens with one attached hydrogen (secondary N) is 1. The molecule has 0 spiro atoms. The van der Waals surface area contributed by atoms with Crippen LogP contribution in [0.1, 0.15) is 43.7 Å². The number of ether oxygens (including phenoxy) is 1. The number of aryl methyl sites for hydroxylation is 1. The average Bonchev–Trinajstić information content (AvgIpc) is 3.16. The number of piperidine rings is 1. The van der Waals surface area contributed by atoms with Gasteiger partial charge in [0.15, 0.2) is 0 Å². The van der Waals surface area contributed by atoms with Gasteiger partial charge in [-0.1, -0.05) is 0 Å². The molecule has 0 atom stereocenters. The molecule has 18 heavy (non-hydrogen) atoms. The van der Waals surface area contributed by atoms with Gasteiger partial charge < -0.3 is 14.6 Å². The second-order valence-corrected chi connectivity index (χ2v) is 5.46. The van der Waals surface area contributed by atoms with Crippen molar-refractivity contribution in [3.05, 3.63) is 18.2 Å². The lowest BCUT2D eigenvalue weighted by atomic mass is 10.1. The van der Waals surface area contributed by atoms with Crippen molar-refractivity contribution in [3.8, 4) is 0 Å². The lowest BCUT2D eigenvalue weighted by Gasteiger charge is -2.23. The van der Waals surface area contributed by atoms with Crippen LogP contribution in [0, 0.1) is 0 Å². The van der Waals surface area contributed by atoms with Crippen molar-refractivity contribution < 1.29 is 4.74 Å². The highest BCUT2D eigenvalue weighted by Crippen LogP contribution is 2.39. The molecule has 2 aliphatic rings. The first kappa shape index (κ1) is 12.2. The Balaban J connectivity index is 1.37. The Morgan fingerprint density at radius 3 is 2.89 bits per heavy atom. The number of aromatic nitrogens is 2. The number of rotatable bonds is 6. The molecule has 100 valence electrons. The molecule has 1 aromatic heterocycles. The van der Waals surface area contributed by atoms with E-state index in [9.17, 15) is 0 Å². The van der Waals surface area contributed by atoms with Gasteiger partial charge >= 0.3 is 0 Å². The fourth-order valence-electron chi connectivity index (χ4n) is 2.68. The third kappa shape index (κ3) is 3.12. The van der Waals surface area contributed by atoms with Crippen LogP contribution >= 0.6 is 0 Å². The molecule has 0 unspecified atom stereocenters. The Morgan fingerprint density at radius 2 is 2.11 bits per heavy atom. The van der Waals surface area contributed by atoms with E-state index in [-0.39, 0.29) is 0 Å². The summed E-state index contributed by atoms with van der Waals surface area (Å²) in [6.07, 6.45) is 10.6. The molecule has 1 aliphatic carbocycles. The van der Waals surface area contributed by atoms with Gasteiger partial charge in [0.2, 0.25) is 0 Å². The standard InChI is InChI=1S/C14H23N3O/c1(9-18-13-4-6-15-7-5-13)8-17-11-16-10-14(17)12-2-3-12/h10-13,15H,1-9H2. The van der Waals surface area contributed by atoms with E-state index in [1.807, 2.05) is 12.5 Å². The Labute approximate surface area is 109 Å². The maximum Gasteiger partial charge on any atom is 0.0948 e. The van der Waals surface area contributed by atoms with Crippen LogP contribution in [0.5, 0.6) is 0 Å². The minimum absolute atomic E-state index is 0.483. The predicted octanol–water partition coefficient (Wildman–Crippen LogP) is 1.92. The minimum Gasteiger partial charge on any atom is -0.378 e. The molecular formula is C14H23N3O. The summed E-state index contributed by atoms with van der Waals surface area (Å²) in [7, 11) is 0. The summed E-state index contributed by atoms with van der Waals surface area (Å²) < 4.78 is 8.23. The van der Waals surface area contributed by atoms with Crippen molar-refractivity contribution in [2.24, 2.45) is 0 Å². The Morgan fingerprint density at radius 1 is 1.28 bits per heavy atom. The van der Waals surface area contributed by atoms with Crippen molar-refractivity contribution >= 4 is 0 Å². The van der Waals surface area contributed by atoms with Crippen LogP contribution in [-0.2, 0) is 11.3 Å². The van der Waals surface area contributed by atoms with Gasteiger partial charge in [-0.25, -0.2) is 4.98 Å². The first-order chi connectivity index (χ1) is 8.93. The minimum atomic E-state index is 0.483. The van der Waals surface area contributed by atoms with Crippen LogP contribution < -0.4 is 5.32 Å². The molecular weight excluding hydrogens is 226 g/mol. The quantitative estimate of drug-likeness (QED) is 0.783. The molecule has 1 saturated carbocycles. The Hall–Kier alpha value is -0.870. The van der Waals surface area contributed by atoms with Crippen LogP contribution in [0.4, 0.5) is 0 Å². The predicted molar refractivity (Wildman–Crippen MR) is 70.7 cm³/mol. The van der Waals surface area contributed by atoms with Crippen molar-refractivity contribution in [1.29, 1.82) is 0 Å². The van der Waals surface area contributed by atoms with E-state index < -0.39 is 0 Å². The van der Waals surface area contributed by atoms with Crippen LogP contribution in [0.25, 0.3) is 0 Å². The second kappa shape index (κ2) is 5.85. The van der Waals surface area contributed by atoms with E-state index in [1.165, 1.54) is 31.4 Å². The van der Waals surface area contributed by atoms with Gasteiger partial charge in [-0.3, -0.25) is 0 Å². The summed E-state index contributed by atoms with van der Waals surface area (Å²) in [4.78, 5) is 4.27. The molecule has 0 amide bonds. The van der Waals surface area contributed by atoms with Gasteiger partial charge in [0.05, 0.1) is 12.4 Å². The second-order valence-electron chi connectivity index (χ2n) is 5.46. The highest BCUT2D eigenvalue weighted by Gasteiger charge is 2.26. The molecule has 2 fully saturated rings. The van der Waals surface area contributed by atoms with Crippen LogP contribution in [0.15, 0.2) is 12.5 Å². The smallest absolute Gasteiger partial charge is 0.0948 e. The maximum atomic E-state index is 5.92. The third-order valence-corrected chi connectivity index (χ3v) is 3.92. The molecule has 1 aliphatic heterocycles. The third-order valence-electron chi connectivity index (χ3n) is 3.92. The maximum absolute atomic E-state index is 5.92. The van der Waals surface area contributed by atoms with Crippen molar-refractivity contribution in [2.45, 2.75) is 50.7 Å². The van der Waals surface area contributed by atoms with Crippen LogP contribution in [-0.4, -0.2) is 35.4 Å². The van der Waals surface area contributed by atoms with Crippen molar-refractivity contribution in [1.82, 2.24) is 14.9 Å². The molecule has 4 heteroatoms. The zero-order valence-corrected chi connectivity index (χ0v) is 11.0. The summed E-state index contributed by atoms with van der Waals surface area (Å²) in [5.74, 6) is 0.790. The largest absolute Gasteiger partial charge is 0.378 e. The number of nitrogens with zero attached hydrogens (tertiary/aromatic N) is 2. The highest BCUT2D eigenvalue weighted by molar-refractivity contribution is 5.12. The topological polar surface area (TPSA) is 39.1 Å². The van der Waals surface area contributed by atoms with Gasteiger partial charge in [-0.05, 0) is 45.2 Å². The van der Waals surface area contributed by atoms with Gasteiger partial charge in [-0.2, -0.15) is 0 Å². The van der Waals surface area contributed by atoms with Gasteiger partial charge in [-0.15, -0.1) is 0 Å². The van der Waals surface area contributed by atoms with Gasteiger partial charge in [0, 0.05) is 31.0 Å². The monoisotopic (exact) mass is 249 g/mol. The normalized spacial score (nSPS) is 21.3. The molecule has 1 aromatic rings. The molecule has 2 heterocycles. The summed E-state index contributed by atoms with van der Waals surface area (Å²) in [6.45, 7) is 4.15. The number of hydrogen-bond donors (Lipinski definition) is 1. The zero-order valence-electron chi connectivity index (χ0n) is 11.0. The summed E-state index contributed by atoms with van der Waals surface area (Å²) in [5, 5.41) is 3.36. The van der Waals surface area contributed by atoms with E-state index in [0.29, 0.717) is 6.10 Å².